The molecule has 4 nitrogen and oxygen atoms in total. The topological polar surface area (TPSA) is 58.9 Å². The van der Waals surface area contributed by atoms with Gasteiger partial charge in [0, 0.05) is 33.4 Å². The summed E-state index contributed by atoms with van der Waals surface area (Å²) in [7, 11) is 3.36. The van der Waals surface area contributed by atoms with Crippen LogP contribution < -0.4 is 9.47 Å². The van der Waals surface area contributed by atoms with E-state index in [4.69, 9.17) is 9.47 Å². The maximum absolute atomic E-state index is 11.6. The van der Waals surface area contributed by atoms with E-state index >= 15 is 0 Å². The number of benzene rings is 4. The first-order valence-electron chi connectivity index (χ1n) is 14.2. The molecule has 0 atom stereocenters. The Labute approximate surface area is 236 Å². The molecule has 0 aromatic heterocycles. The number of ether oxygens (including phenoxy) is 2. The molecule has 0 unspecified atom stereocenters. The molecule has 0 radical (unpaired) electrons. The number of aromatic hydroxyl groups is 2. The van der Waals surface area contributed by atoms with E-state index in [0.29, 0.717) is 22.3 Å². The van der Waals surface area contributed by atoms with Crippen LogP contribution in [0.2, 0.25) is 0 Å². The minimum atomic E-state index is 0.287. The number of hydrogen-bond acceptors (Lipinski definition) is 4. The monoisotopic (exact) mass is 530 g/mol. The third-order valence-corrected chi connectivity index (χ3v) is 8.33. The molecule has 4 aromatic rings. The van der Waals surface area contributed by atoms with Crippen molar-refractivity contribution in [2.24, 2.45) is 0 Å². The van der Waals surface area contributed by atoms with Crippen LogP contribution in [0.15, 0.2) is 60.7 Å². The molecular formula is C36H34O4. The van der Waals surface area contributed by atoms with Gasteiger partial charge in [0.25, 0.3) is 0 Å². The number of phenols is 2. The molecule has 0 aliphatic heterocycles. The Kier molecular flexibility index (Phi) is 7.13. The predicted octanol–water partition coefficient (Wildman–Crippen LogP) is 7.61. The fourth-order valence-corrected chi connectivity index (χ4v) is 6.49. The van der Waals surface area contributed by atoms with Gasteiger partial charge >= 0.3 is 0 Å². The summed E-state index contributed by atoms with van der Waals surface area (Å²) in [6.07, 6.45) is 7.48. The van der Waals surface area contributed by atoms with Gasteiger partial charge in [-0.05, 0) is 62.5 Å². The lowest BCUT2D eigenvalue weighted by atomic mass is 9.83. The van der Waals surface area contributed by atoms with Crippen molar-refractivity contribution < 1.29 is 19.7 Å². The van der Waals surface area contributed by atoms with Crippen LogP contribution in [0.5, 0.6) is 23.0 Å². The minimum absolute atomic E-state index is 0.287. The number of methoxy groups -OCH3 is 2. The predicted molar refractivity (Wildman–Crippen MR) is 159 cm³/mol. The number of rotatable bonds is 4. The average Bonchev–Trinajstić information content (AvgIpc) is 3.01. The van der Waals surface area contributed by atoms with Crippen molar-refractivity contribution in [3.63, 3.8) is 0 Å². The Hall–Kier alpha value is -4.36. The average molecular weight is 531 g/mol. The summed E-state index contributed by atoms with van der Waals surface area (Å²) < 4.78 is 12.1. The zero-order valence-electron chi connectivity index (χ0n) is 23.1. The molecule has 6 rings (SSSR count). The zero-order valence-corrected chi connectivity index (χ0v) is 23.1. The fraction of sp³-hybridized carbons (Fsp3) is 0.278. The van der Waals surface area contributed by atoms with Crippen molar-refractivity contribution in [1.29, 1.82) is 0 Å². The molecule has 202 valence electrons. The van der Waals surface area contributed by atoms with Crippen LogP contribution in [0, 0.1) is 11.8 Å². The maximum atomic E-state index is 11.6. The second-order valence-corrected chi connectivity index (χ2v) is 10.6. The molecule has 2 N–H and O–H groups in total. The van der Waals surface area contributed by atoms with Crippen LogP contribution in [-0.2, 0) is 25.7 Å². The highest BCUT2D eigenvalue weighted by Crippen LogP contribution is 2.48. The standard InChI is InChI=1S/C36H34O4/c1-39-35-27-19-11-9-17-25(27)33(37)31(23-13-5-3-6-14-23)29(35)21-22-30-32(24-15-7-4-8-16-24)34(38)26-18-10-12-20-28(26)36(30)40-2/h3-8,13-16,37-38H,9-12,17-20H2,1-2H3. The Bertz CT molecular complexity index is 1500. The molecule has 0 fully saturated rings. The van der Waals surface area contributed by atoms with Crippen LogP contribution in [0.25, 0.3) is 22.3 Å². The molecule has 4 heteroatoms. The van der Waals surface area contributed by atoms with Gasteiger partial charge in [0.2, 0.25) is 0 Å². The molecular weight excluding hydrogens is 496 g/mol. The van der Waals surface area contributed by atoms with Crippen molar-refractivity contribution in [1.82, 2.24) is 0 Å². The van der Waals surface area contributed by atoms with Gasteiger partial charge in [0.15, 0.2) is 0 Å². The molecule has 0 heterocycles. The molecule has 40 heavy (non-hydrogen) atoms. The molecule has 0 amide bonds. The summed E-state index contributed by atoms with van der Waals surface area (Å²) in [5, 5.41) is 23.3. The van der Waals surface area contributed by atoms with E-state index in [1.54, 1.807) is 14.2 Å². The molecule has 0 bridgehead atoms. The number of fused-ring (bicyclic) bond motifs is 2. The SMILES string of the molecule is COc1c(C#Cc2c(OC)c3c(c(O)c2-c2ccccc2)CCCC3)c(-c2ccccc2)c(O)c2c1CCCC2. The third-order valence-electron chi connectivity index (χ3n) is 8.33. The largest absolute Gasteiger partial charge is 0.507 e. The van der Waals surface area contributed by atoms with Crippen molar-refractivity contribution in [3.8, 4) is 57.1 Å². The van der Waals surface area contributed by atoms with E-state index in [2.05, 4.69) is 11.8 Å². The van der Waals surface area contributed by atoms with E-state index in [9.17, 15) is 10.2 Å². The van der Waals surface area contributed by atoms with E-state index in [0.717, 1.165) is 96.2 Å². The molecule has 0 spiro atoms. The minimum Gasteiger partial charge on any atom is -0.507 e. The van der Waals surface area contributed by atoms with E-state index in [-0.39, 0.29) is 11.5 Å². The van der Waals surface area contributed by atoms with E-state index in [1.165, 1.54) is 0 Å². The molecule has 2 aliphatic carbocycles. The Morgan fingerprint density at radius 2 is 0.875 bits per heavy atom. The second kappa shape index (κ2) is 11.0. The first kappa shape index (κ1) is 25.9. The number of hydrogen-bond donors (Lipinski definition) is 2. The van der Waals surface area contributed by atoms with Crippen LogP contribution >= 0.6 is 0 Å². The van der Waals surface area contributed by atoms with Crippen LogP contribution in [0.4, 0.5) is 0 Å². The summed E-state index contributed by atoms with van der Waals surface area (Å²) in [6, 6.07) is 19.8. The maximum Gasteiger partial charge on any atom is 0.138 e. The summed E-state index contributed by atoms with van der Waals surface area (Å²) in [5.74, 6) is 8.88. The van der Waals surface area contributed by atoms with Gasteiger partial charge in [-0.1, -0.05) is 72.5 Å². The lowest BCUT2D eigenvalue weighted by Crippen LogP contribution is -2.09. The fourth-order valence-electron chi connectivity index (χ4n) is 6.49. The Balaban J connectivity index is 1.67. The molecule has 4 aromatic carbocycles. The van der Waals surface area contributed by atoms with Gasteiger partial charge in [-0.2, -0.15) is 0 Å². The van der Waals surface area contributed by atoms with Gasteiger partial charge in [0.1, 0.15) is 23.0 Å². The highest BCUT2D eigenvalue weighted by molar-refractivity contribution is 5.86. The molecule has 0 saturated heterocycles. The lowest BCUT2D eigenvalue weighted by molar-refractivity contribution is 0.399. The summed E-state index contributed by atoms with van der Waals surface area (Å²) >= 11 is 0. The summed E-state index contributed by atoms with van der Waals surface area (Å²) in [5.41, 5.74) is 8.47. The zero-order chi connectivity index (χ0) is 27.6. The van der Waals surface area contributed by atoms with Crippen molar-refractivity contribution in [2.75, 3.05) is 14.2 Å². The van der Waals surface area contributed by atoms with Gasteiger partial charge in [-0.25, -0.2) is 0 Å². The van der Waals surface area contributed by atoms with Gasteiger partial charge in [0.05, 0.1) is 25.3 Å². The van der Waals surface area contributed by atoms with Gasteiger partial charge < -0.3 is 19.7 Å². The first-order chi connectivity index (χ1) is 19.6. The van der Waals surface area contributed by atoms with Crippen LogP contribution in [0.1, 0.15) is 59.1 Å². The first-order valence-corrected chi connectivity index (χ1v) is 14.2. The Morgan fingerprint density at radius 3 is 1.23 bits per heavy atom. The summed E-state index contributed by atoms with van der Waals surface area (Å²) in [6.45, 7) is 0. The van der Waals surface area contributed by atoms with Crippen molar-refractivity contribution >= 4 is 0 Å². The van der Waals surface area contributed by atoms with Crippen LogP contribution in [-0.4, -0.2) is 24.4 Å². The summed E-state index contributed by atoms with van der Waals surface area (Å²) in [4.78, 5) is 0. The van der Waals surface area contributed by atoms with Crippen LogP contribution in [0.3, 0.4) is 0 Å². The lowest BCUT2D eigenvalue weighted by Gasteiger charge is -2.25. The third kappa shape index (κ3) is 4.36. The molecule has 0 saturated carbocycles. The second-order valence-electron chi connectivity index (χ2n) is 10.6. The van der Waals surface area contributed by atoms with Crippen molar-refractivity contribution in [3.05, 3.63) is 94.0 Å². The normalized spacial score (nSPS) is 13.9. The highest BCUT2D eigenvalue weighted by Gasteiger charge is 2.28. The van der Waals surface area contributed by atoms with E-state index < -0.39 is 0 Å². The number of phenolic OH excluding ortho intramolecular Hbond substituents is 2. The Morgan fingerprint density at radius 1 is 0.525 bits per heavy atom. The van der Waals surface area contributed by atoms with Gasteiger partial charge in [-0.15, -0.1) is 0 Å². The molecule has 2 aliphatic rings. The van der Waals surface area contributed by atoms with E-state index in [1.807, 2.05) is 60.7 Å². The van der Waals surface area contributed by atoms with Crippen molar-refractivity contribution in [2.45, 2.75) is 51.4 Å². The quantitative estimate of drug-likeness (QED) is 0.267. The van der Waals surface area contributed by atoms with Gasteiger partial charge in [-0.3, -0.25) is 0 Å². The smallest absolute Gasteiger partial charge is 0.138 e. The highest BCUT2D eigenvalue weighted by atomic mass is 16.5.